The summed E-state index contributed by atoms with van der Waals surface area (Å²) in [6.07, 6.45) is 41.7. The molecular weight excluding hydrogens is 671 g/mol. The number of hydrogen-bond acceptors (Lipinski definition) is 6. The molecule has 0 rings (SSSR count). The first-order chi connectivity index (χ1) is 26.5. The van der Waals surface area contributed by atoms with Crippen molar-refractivity contribution in [1.29, 1.82) is 0 Å². The van der Waals surface area contributed by atoms with Gasteiger partial charge in [-0.2, -0.15) is 0 Å². The summed E-state index contributed by atoms with van der Waals surface area (Å²) >= 11 is 0. The van der Waals surface area contributed by atoms with Crippen LogP contribution in [0.3, 0.4) is 0 Å². The summed E-state index contributed by atoms with van der Waals surface area (Å²) in [6, 6.07) is 0. The van der Waals surface area contributed by atoms with Crippen LogP contribution in [-0.2, 0) is 19.1 Å². The SMILES string of the molecule is CCCCCCCCC(CCCCCC)OC(=O)CCCCCCCN(CCO)CCCCCCCC(=O)OC(CCCCCC)CCCCCCCC. The summed E-state index contributed by atoms with van der Waals surface area (Å²) in [5.74, 6) is 0.0206. The van der Waals surface area contributed by atoms with Crippen LogP contribution in [0, 0.1) is 0 Å². The van der Waals surface area contributed by atoms with Gasteiger partial charge in [0, 0.05) is 19.4 Å². The van der Waals surface area contributed by atoms with Crippen LogP contribution < -0.4 is 0 Å². The lowest BCUT2D eigenvalue weighted by molar-refractivity contribution is -0.151. The Bertz CT molecular complexity index is 716. The molecule has 0 heterocycles. The van der Waals surface area contributed by atoms with E-state index in [-0.39, 0.29) is 30.8 Å². The van der Waals surface area contributed by atoms with Crippen LogP contribution in [0.5, 0.6) is 0 Å². The smallest absolute Gasteiger partial charge is 0.306 e. The van der Waals surface area contributed by atoms with Crippen molar-refractivity contribution in [2.45, 2.75) is 271 Å². The van der Waals surface area contributed by atoms with Gasteiger partial charge in [-0.15, -0.1) is 0 Å². The molecule has 0 radical (unpaired) electrons. The second kappa shape index (κ2) is 43.0. The van der Waals surface area contributed by atoms with Gasteiger partial charge in [-0.25, -0.2) is 0 Å². The monoisotopic (exact) mass is 766 g/mol. The van der Waals surface area contributed by atoms with Gasteiger partial charge in [-0.3, -0.25) is 9.59 Å². The number of carbonyl (C=O) groups excluding carboxylic acids is 2. The summed E-state index contributed by atoms with van der Waals surface area (Å²) in [7, 11) is 0. The fourth-order valence-electron chi connectivity index (χ4n) is 7.66. The van der Waals surface area contributed by atoms with E-state index >= 15 is 0 Å². The van der Waals surface area contributed by atoms with E-state index in [4.69, 9.17) is 9.47 Å². The molecule has 322 valence electrons. The number of ether oxygens (including phenoxy) is 2. The largest absolute Gasteiger partial charge is 0.462 e. The predicted octanol–water partition coefficient (Wildman–Crippen LogP) is 14.2. The Kier molecular flexibility index (Phi) is 42.1. The second-order valence-electron chi connectivity index (χ2n) is 16.6. The van der Waals surface area contributed by atoms with Gasteiger partial charge in [-0.1, -0.05) is 169 Å². The molecule has 0 aromatic rings. The third kappa shape index (κ3) is 37.8. The van der Waals surface area contributed by atoms with Crippen LogP contribution in [0.25, 0.3) is 0 Å². The fraction of sp³-hybridized carbons (Fsp3) is 0.958. The molecule has 0 aromatic carbocycles. The second-order valence-corrected chi connectivity index (χ2v) is 16.6. The maximum atomic E-state index is 12.7. The summed E-state index contributed by atoms with van der Waals surface area (Å²) < 4.78 is 12.0. The lowest BCUT2D eigenvalue weighted by Crippen LogP contribution is -2.29. The number of esters is 2. The molecule has 1 N–H and O–H groups in total. The number of rotatable bonds is 44. The Morgan fingerprint density at radius 2 is 0.667 bits per heavy atom. The molecule has 2 unspecified atom stereocenters. The molecule has 0 aliphatic heterocycles. The molecular formula is C48H95NO5. The number of aliphatic hydroxyl groups is 1. The maximum absolute atomic E-state index is 12.7. The van der Waals surface area contributed by atoms with E-state index in [1.165, 1.54) is 141 Å². The third-order valence-electron chi connectivity index (χ3n) is 11.2. The van der Waals surface area contributed by atoms with E-state index in [1.807, 2.05) is 0 Å². The molecule has 54 heavy (non-hydrogen) atoms. The molecule has 0 aromatic heterocycles. The average molecular weight is 766 g/mol. The van der Waals surface area contributed by atoms with Gasteiger partial charge in [0.25, 0.3) is 0 Å². The van der Waals surface area contributed by atoms with E-state index in [0.29, 0.717) is 12.8 Å². The van der Waals surface area contributed by atoms with Crippen LogP contribution in [0.2, 0.25) is 0 Å². The van der Waals surface area contributed by atoms with Crippen molar-refractivity contribution in [2.75, 3.05) is 26.2 Å². The van der Waals surface area contributed by atoms with Gasteiger partial charge >= 0.3 is 11.9 Å². The highest BCUT2D eigenvalue weighted by atomic mass is 16.5. The minimum atomic E-state index is 0.0103. The first-order valence-electron chi connectivity index (χ1n) is 24.2. The average Bonchev–Trinajstić information content (AvgIpc) is 3.16. The van der Waals surface area contributed by atoms with E-state index in [0.717, 1.165) is 96.7 Å². The summed E-state index contributed by atoms with van der Waals surface area (Å²) in [4.78, 5) is 27.7. The van der Waals surface area contributed by atoms with Gasteiger partial charge in [0.1, 0.15) is 12.2 Å². The molecule has 0 amide bonds. The van der Waals surface area contributed by atoms with E-state index < -0.39 is 0 Å². The molecule has 0 aliphatic rings. The molecule has 0 saturated carbocycles. The zero-order chi connectivity index (χ0) is 39.6. The van der Waals surface area contributed by atoms with E-state index in [2.05, 4.69) is 32.6 Å². The minimum absolute atomic E-state index is 0.0103. The molecule has 0 spiro atoms. The molecule has 0 bridgehead atoms. The lowest BCUT2D eigenvalue weighted by atomic mass is 10.0. The van der Waals surface area contributed by atoms with Crippen LogP contribution >= 0.6 is 0 Å². The molecule has 0 saturated heterocycles. The highest BCUT2D eigenvalue weighted by Gasteiger charge is 2.16. The van der Waals surface area contributed by atoms with E-state index in [1.54, 1.807) is 0 Å². The zero-order valence-corrected chi connectivity index (χ0v) is 37.0. The van der Waals surface area contributed by atoms with Crippen molar-refractivity contribution in [3.8, 4) is 0 Å². The lowest BCUT2D eigenvalue weighted by Gasteiger charge is -2.21. The Hall–Kier alpha value is -1.14. The molecule has 6 nitrogen and oxygen atoms in total. The van der Waals surface area contributed by atoms with Crippen molar-refractivity contribution in [3.05, 3.63) is 0 Å². The van der Waals surface area contributed by atoms with Crippen molar-refractivity contribution < 1.29 is 24.2 Å². The van der Waals surface area contributed by atoms with E-state index in [9.17, 15) is 14.7 Å². The van der Waals surface area contributed by atoms with Crippen LogP contribution in [0.15, 0.2) is 0 Å². The Morgan fingerprint density at radius 1 is 0.389 bits per heavy atom. The third-order valence-corrected chi connectivity index (χ3v) is 11.2. The Labute approximate surface area is 337 Å². The fourth-order valence-corrected chi connectivity index (χ4v) is 7.66. The molecule has 6 heteroatoms. The first-order valence-corrected chi connectivity index (χ1v) is 24.2. The number of aliphatic hydroxyl groups excluding tert-OH is 1. The van der Waals surface area contributed by atoms with Gasteiger partial charge in [0.05, 0.1) is 6.61 Å². The first kappa shape index (κ1) is 52.9. The minimum Gasteiger partial charge on any atom is -0.462 e. The summed E-state index contributed by atoms with van der Waals surface area (Å²) in [6.45, 7) is 12.0. The molecule has 0 aliphatic carbocycles. The predicted molar refractivity (Wildman–Crippen MR) is 232 cm³/mol. The topological polar surface area (TPSA) is 76.1 Å². The van der Waals surface area contributed by atoms with Crippen LogP contribution in [-0.4, -0.2) is 60.4 Å². The number of nitrogens with zero attached hydrogens (tertiary/aromatic N) is 1. The zero-order valence-electron chi connectivity index (χ0n) is 37.0. The number of unbranched alkanes of at least 4 members (excludes halogenated alkanes) is 24. The normalized spacial score (nSPS) is 12.7. The van der Waals surface area contributed by atoms with Gasteiger partial charge in [0.15, 0.2) is 0 Å². The number of carbonyl (C=O) groups is 2. The van der Waals surface area contributed by atoms with Crippen molar-refractivity contribution in [1.82, 2.24) is 4.90 Å². The number of hydrogen-bond donors (Lipinski definition) is 1. The highest BCUT2D eigenvalue weighted by Crippen LogP contribution is 2.20. The molecule has 2 atom stereocenters. The van der Waals surface area contributed by atoms with Crippen molar-refractivity contribution >= 4 is 11.9 Å². The van der Waals surface area contributed by atoms with Crippen molar-refractivity contribution in [2.24, 2.45) is 0 Å². The van der Waals surface area contributed by atoms with Gasteiger partial charge in [-0.05, 0) is 90.1 Å². The Morgan fingerprint density at radius 3 is 1.00 bits per heavy atom. The maximum Gasteiger partial charge on any atom is 0.306 e. The standard InChI is InChI=1S/C48H95NO5/c1-5-9-13-17-21-29-37-45(35-27-15-11-7-3)53-47(51)39-31-23-19-25-33-41-49(43-44-50)42-34-26-20-24-32-40-48(52)54-46(36-28-16-12-8-4)38-30-22-18-14-10-6-2/h45-46,50H,5-44H2,1-4H3. The van der Waals surface area contributed by atoms with Crippen LogP contribution in [0.1, 0.15) is 259 Å². The quantitative estimate of drug-likeness (QED) is 0.0492. The summed E-state index contributed by atoms with van der Waals surface area (Å²) in [5.41, 5.74) is 0. The Balaban J connectivity index is 4.13. The molecule has 0 fully saturated rings. The highest BCUT2D eigenvalue weighted by molar-refractivity contribution is 5.69. The van der Waals surface area contributed by atoms with Gasteiger partial charge < -0.3 is 19.5 Å². The van der Waals surface area contributed by atoms with Crippen molar-refractivity contribution in [3.63, 3.8) is 0 Å². The van der Waals surface area contributed by atoms with Gasteiger partial charge in [0.2, 0.25) is 0 Å². The summed E-state index contributed by atoms with van der Waals surface area (Å²) in [5, 5.41) is 9.61. The van der Waals surface area contributed by atoms with Crippen LogP contribution in [0.4, 0.5) is 0 Å².